The van der Waals surface area contributed by atoms with Gasteiger partial charge in [0.1, 0.15) is 5.82 Å². The van der Waals surface area contributed by atoms with E-state index in [2.05, 4.69) is 15.6 Å². The van der Waals surface area contributed by atoms with Crippen LogP contribution in [-0.4, -0.2) is 45.5 Å². The van der Waals surface area contributed by atoms with Crippen molar-refractivity contribution in [2.45, 2.75) is 32.7 Å². The largest absolute Gasteiger partial charge is 0.381 e. The zero-order chi connectivity index (χ0) is 18.6. The number of nitrogens with zero attached hydrogens (tertiary/aromatic N) is 1. The average molecular weight is 514 g/mol. The number of rotatable bonds is 9. The van der Waals surface area contributed by atoms with Gasteiger partial charge in [-0.15, -0.1) is 24.0 Å². The summed E-state index contributed by atoms with van der Waals surface area (Å²) in [6, 6.07) is 4.66. The zero-order valence-corrected chi connectivity index (χ0v) is 18.9. The van der Waals surface area contributed by atoms with Crippen LogP contribution in [0.5, 0.6) is 0 Å². The van der Waals surface area contributed by atoms with Crippen LogP contribution in [0.4, 0.5) is 4.39 Å². The average Bonchev–Trinajstić information content (AvgIpc) is 2.66. The smallest absolute Gasteiger partial charge is 0.191 e. The van der Waals surface area contributed by atoms with Crippen molar-refractivity contribution in [2.24, 2.45) is 10.9 Å². The maximum atomic E-state index is 13.2. The van der Waals surface area contributed by atoms with E-state index in [1.807, 2.05) is 6.92 Å². The molecule has 1 saturated heterocycles. The Bertz CT molecular complexity index is 572. The summed E-state index contributed by atoms with van der Waals surface area (Å²) in [6.45, 7) is 7.29. The molecule has 8 heteroatoms. The minimum Gasteiger partial charge on any atom is -0.381 e. The summed E-state index contributed by atoms with van der Waals surface area (Å²) < 4.78 is 24.3. The molecule has 0 bridgehead atoms. The second-order valence-electron chi connectivity index (χ2n) is 6.35. The van der Waals surface area contributed by atoms with Gasteiger partial charge in [0.15, 0.2) is 5.96 Å². The molecule has 1 aromatic rings. The van der Waals surface area contributed by atoms with E-state index in [0.717, 1.165) is 70.3 Å². The van der Waals surface area contributed by atoms with E-state index < -0.39 is 5.82 Å². The lowest BCUT2D eigenvalue weighted by atomic mass is 10.0. The Hall–Kier alpha value is -0.640. The van der Waals surface area contributed by atoms with Gasteiger partial charge in [-0.2, -0.15) is 0 Å². The molecule has 2 rings (SSSR count). The van der Waals surface area contributed by atoms with Crippen LogP contribution in [0.25, 0.3) is 0 Å². The third-order valence-corrected chi connectivity index (χ3v) is 4.49. The minimum absolute atomic E-state index is 0. The molecular weight excluding hydrogens is 484 g/mol. The van der Waals surface area contributed by atoms with Crippen LogP contribution >= 0.6 is 35.6 Å². The van der Waals surface area contributed by atoms with Gasteiger partial charge < -0.3 is 20.1 Å². The van der Waals surface area contributed by atoms with E-state index in [9.17, 15) is 4.39 Å². The monoisotopic (exact) mass is 513 g/mol. The van der Waals surface area contributed by atoms with Gasteiger partial charge in [0.2, 0.25) is 0 Å². The van der Waals surface area contributed by atoms with Crippen LogP contribution in [-0.2, 0) is 16.0 Å². The fourth-order valence-electron chi connectivity index (χ4n) is 2.69. The maximum absolute atomic E-state index is 13.2. The summed E-state index contributed by atoms with van der Waals surface area (Å²) in [5.41, 5.74) is 0.869. The van der Waals surface area contributed by atoms with Crippen molar-refractivity contribution in [2.75, 3.05) is 39.5 Å². The first-order valence-electron chi connectivity index (χ1n) is 9.30. The van der Waals surface area contributed by atoms with E-state index in [1.165, 1.54) is 6.07 Å². The molecule has 1 aliphatic rings. The van der Waals surface area contributed by atoms with Crippen molar-refractivity contribution >= 4 is 41.5 Å². The van der Waals surface area contributed by atoms with E-state index >= 15 is 0 Å². The first-order chi connectivity index (χ1) is 12.7. The van der Waals surface area contributed by atoms with Crippen LogP contribution in [0.15, 0.2) is 23.2 Å². The second-order valence-corrected chi connectivity index (χ2v) is 6.76. The Morgan fingerprint density at radius 3 is 2.81 bits per heavy atom. The lowest BCUT2D eigenvalue weighted by Crippen LogP contribution is -2.38. The normalized spacial score (nSPS) is 15.3. The summed E-state index contributed by atoms with van der Waals surface area (Å²) in [6.07, 6.45) is 3.11. The van der Waals surface area contributed by atoms with Gasteiger partial charge in [0.25, 0.3) is 0 Å². The van der Waals surface area contributed by atoms with Crippen molar-refractivity contribution in [3.63, 3.8) is 0 Å². The molecule has 0 spiro atoms. The Kier molecular flexibility index (Phi) is 13.0. The van der Waals surface area contributed by atoms with Crippen molar-refractivity contribution in [1.29, 1.82) is 0 Å². The van der Waals surface area contributed by atoms with Crippen LogP contribution < -0.4 is 10.6 Å². The lowest BCUT2D eigenvalue weighted by Gasteiger charge is -2.21. The SMILES string of the molecule is CCNC(=NCc1ccc(F)c(Cl)c1)NCCCOCC1CCOCC1.I. The summed E-state index contributed by atoms with van der Waals surface area (Å²) in [5.74, 6) is 0.959. The van der Waals surface area contributed by atoms with Crippen LogP contribution in [0.1, 0.15) is 31.7 Å². The highest BCUT2D eigenvalue weighted by molar-refractivity contribution is 14.0. The second kappa shape index (κ2) is 14.4. The highest BCUT2D eigenvalue weighted by Gasteiger charge is 2.13. The number of hydrogen-bond donors (Lipinski definition) is 2. The Labute approximate surface area is 183 Å². The Morgan fingerprint density at radius 1 is 1.33 bits per heavy atom. The molecule has 1 heterocycles. The molecule has 0 amide bonds. The molecule has 1 aliphatic heterocycles. The summed E-state index contributed by atoms with van der Waals surface area (Å²) in [7, 11) is 0. The van der Waals surface area contributed by atoms with Gasteiger partial charge in [-0.25, -0.2) is 9.38 Å². The van der Waals surface area contributed by atoms with Gasteiger partial charge in [0, 0.05) is 39.5 Å². The molecule has 0 aromatic heterocycles. The van der Waals surface area contributed by atoms with Crippen LogP contribution in [0, 0.1) is 11.7 Å². The molecule has 1 fully saturated rings. The fourth-order valence-corrected chi connectivity index (χ4v) is 2.90. The highest BCUT2D eigenvalue weighted by atomic mass is 127. The first kappa shape index (κ1) is 24.4. The molecule has 0 atom stereocenters. The molecule has 154 valence electrons. The lowest BCUT2D eigenvalue weighted by molar-refractivity contribution is 0.0203. The minimum atomic E-state index is -0.412. The maximum Gasteiger partial charge on any atom is 0.191 e. The first-order valence-corrected chi connectivity index (χ1v) is 9.68. The Balaban J connectivity index is 0.00000364. The molecule has 1 aromatic carbocycles. The topological polar surface area (TPSA) is 54.9 Å². The quantitative estimate of drug-likeness (QED) is 0.227. The molecule has 2 N–H and O–H groups in total. The number of benzene rings is 1. The van der Waals surface area contributed by atoms with E-state index in [1.54, 1.807) is 12.1 Å². The van der Waals surface area contributed by atoms with Crippen molar-refractivity contribution in [3.8, 4) is 0 Å². The molecule has 0 aliphatic carbocycles. The van der Waals surface area contributed by atoms with Gasteiger partial charge in [-0.05, 0) is 49.8 Å². The number of guanidine groups is 1. The van der Waals surface area contributed by atoms with Gasteiger partial charge in [-0.3, -0.25) is 0 Å². The highest BCUT2D eigenvalue weighted by Crippen LogP contribution is 2.16. The number of ether oxygens (including phenoxy) is 2. The third-order valence-electron chi connectivity index (χ3n) is 4.20. The number of hydrogen-bond acceptors (Lipinski definition) is 3. The van der Waals surface area contributed by atoms with Crippen molar-refractivity contribution in [3.05, 3.63) is 34.6 Å². The Morgan fingerprint density at radius 2 is 2.11 bits per heavy atom. The van der Waals surface area contributed by atoms with Crippen molar-refractivity contribution < 1.29 is 13.9 Å². The molecular formula is C19H30ClFIN3O2. The van der Waals surface area contributed by atoms with Gasteiger partial charge in [0.05, 0.1) is 11.6 Å². The number of nitrogens with one attached hydrogen (secondary N) is 2. The van der Waals surface area contributed by atoms with Gasteiger partial charge in [-0.1, -0.05) is 17.7 Å². The van der Waals surface area contributed by atoms with Crippen LogP contribution in [0.3, 0.4) is 0 Å². The summed E-state index contributed by atoms with van der Waals surface area (Å²) in [4.78, 5) is 4.50. The summed E-state index contributed by atoms with van der Waals surface area (Å²) >= 11 is 5.80. The third kappa shape index (κ3) is 9.91. The van der Waals surface area contributed by atoms with Crippen LogP contribution in [0.2, 0.25) is 5.02 Å². The standard InChI is InChI=1S/C19H29ClFN3O2.HI/c1-2-22-19(24-13-16-4-5-18(21)17(20)12-16)23-8-3-9-26-14-15-6-10-25-11-7-15;/h4-5,12,15H,2-3,6-11,13-14H2,1H3,(H2,22,23,24);1H. The molecule has 0 unspecified atom stereocenters. The summed E-state index contributed by atoms with van der Waals surface area (Å²) in [5, 5.41) is 6.61. The van der Waals surface area contributed by atoms with E-state index in [0.29, 0.717) is 12.5 Å². The zero-order valence-electron chi connectivity index (χ0n) is 15.8. The van der Waals surface area contributed by atoms with Crippen molar-refractivity contribution in [1.82, 2.24) is 10.6 Å². The number of halogens is 3. The molecule has 27 heavy (non-hydrogen) atoms. The molecule has 0 radical (unpaired) electrons. The van der Waals surface area contributed by atoms with Gasteiger partial charge >= 0.3 is 0 Å². The number of aliphatic imine (C=N–C) groups is 1. The molecule has 5 nitrogen and oxygen atoms in total. The predicted molar refractivity (Wildman–Crippen MR) is 119 cm³/mol. The van der Waals surface area contributed by atoms with E-state index in [-0.39, 0.29) is 29.0 Å². The molecule has 0 saturated carbocycles. The fraction of sp³-hybridized carbons (Fsp3) is 0.632. The van der Waals surface area contributed by atoms with E-state index in [4.69, 9.17) is 21.1 Å². The predicted octanol–water partition coefficient (Wildman–Crippen LogP) is 3.99.